The van der Waals surface area contributed by atoms with Crippen molar-refractivity contribution < 1.29 is 0 Å². The van der Waals surface area contributed by atoms with Crippen molar-refractivity contribution in [2.45, 2.75) is 39.2 Å². The van der Waals surface area contributed by atoms with E-state index in [1.54, 1.807) is 0 Å². The first-order valence-corrected chi connectivity index (χ1v) is 7.07. The molecule has 0 aliphatic carbocycles. The lowest BCUT2D eigenvalue weighted by atomic mass is 9.86. The Kier molecular flexibility index (Phi) is 4.08. The summed E-state index contributed by atoms with van der Waals surface area (Å²) in [5.74, 6) is 0. The monoisotopic (exact) mass is 246 g/mol. The van der Waals surface area contributed by atoms with Crippen molar-refractivity contribution >= 4 is 0 Å². The van der Waals surface area contributed by atoms with E-state index in [-0.39, 0.29) is 5.41 Å². The van der Waals surface area contributed by atoms with Crippen LogP contribution in [0.5, 0.6) is 0 Å². The van der Waals surface area contributed by atoms with Crippen molar-refractivity contribution in [2.24, 2.45) is 0 Å². The van der Waals surface area contributed by atoms with Gasteiger partial charge in [0.05, 0.1) is 0 Å². The Morgan fingerprint density at radius 2 is 1.89 bits per heavy atom. The molecular weight excluding hydrogens is 220 g/mol. The third kappa shape index (κ3) is 2.93. The van der Waals surface area contributed by atoms with Crippen LogP contribution < -0.4 is 5.32 Å². The lowest BCUT2D eigenvalue weighted by Crippen LogP contribution is -2.45. The first-order valence-electron chi connectivity index (χ1n) is 7.07. The van der Waals surface area contributed by atoms with E-state index in [4.69, 9.17) is 0 Å². The molecule has 1 fully saturated rings. The van der Waals surface area contributed by atoms with Crippen LogP contribution in [-0.2, 0) is 5.41 Å². The van der Waals surface area contributed by atoms with E-state index in [0.717, 1.165) is 26.2 Å². The molecule has 1 aliphatic heterocycles. The number of hydrogen-bond acceptors (Lipinski definition) is 2. The predicted octanol–water partition coefficient (Wildman–Crippen LogP) is 2.95. The lowest BCUT2D eigenvalue weighted by Gasteiger charge is -2.36. The van der Waals surface area contributed by atoms with Gasteiger partial charge in [-0.25, -0.2) is 0 Å². The van der Waals surface area contributed by atoms with Crippen LogP contribution in [0.2, 0.25) is 0 Å². The van der Waals surface area contributed by atoms with E-state index in [9.17, 15) is 0 Å². The number of benzene rings is 1. The highest BCUT2D eigenvalue weighted by atomic mass is 15.2. The molecule has 18 heavy (non-hydrogen) atoms. The molecule has 1 N–H and O–H groups in total. The second kappa shape index (κ2) is 5.41. The summed E-state index contributed by atoms with van der Waals surface area (Å²) in [5, 5.41) is 3.50. The van der Waals surface area contributed by atoms with Crippen molar-refractivity contribution in [3.8, 4) is 0 Å². The number of hydrogen-bond donors (Lipinski definition) is 1. The summed E-state index contributed by atoms with van der Waals surface area (Å²) < 4.78 is 0. The van der Waals surface area contributed by atoms with Gasteiger partial charge in [0.25, 0.3) is 0 Å². The SMILES string of the molecule is CCN1CCNCC1c1ccc(C(C)(C)C)cc1. The second-order valence-electron chi connectivity index (χ2n) is 6.22. The molecule has 2 nitrogen and oxygen atoms in total. The number of nitrogens with one attached hydrogen (secondary N) is 1. The molecule has 0 bridgehead atoms. The normalized spacial score (nSPS) is 22.1. The Bertz CT molecular complexity index is 375. The van der Waals surface area contributed by atoms with Gasteiger partial charge in [0.2, 0.25) is 0 Å². The summed E-state index contributed by atoms with van der Waals surface area (Å²) in [6.45, 7) is 13.5. The topological polar surface area (TPSA) is 15.3 Å². The maximum Gasteiger partial charge on any atom is 0.0473 e. The fraction of sp³-hybridized carbons (Fsp3) is 0.625. The Labute approximate surface area is 111 Å². The number of rotatable bonds is 2. The Morgan fingerprint density at radius 1 is 1.22 bits per heavy atom. The summed E-state index contributed by atoms with van der Waals surface area (Å²) in [5.41, 5.74) is 3.10. The lowest BCUT2D eigenvalue weighted by molar-refractivity contribution is 0.171. The van der Waals surface area contributed by atoms with Gasteiger partial charge >= 0.3 is 0 Å². The fourth-order valence-corrected chi connectivity index (χ4v) is 2.66. The summed E-state index contributed by atoms with van der Waals surface area (Å²) >= 11 is 0. The van der Waals surface area contributed by atoms with Gasteiger partial charge in [0.1, 0.15) is 0 Å². The standard InChI is InChI=1S/C16H26N2/c1-5-18-11-10-17-12-15(18)13-6-8-14(9-7-13)16(2,3)4/h6-9,15,17H,5,10-12H2,1-4H3. The molecule has 1 aromatic rings. The van der Waals surface area contributed by atoms with Gasteiger partial charge < -0.3 is 5.32 Å². The highest BCUT2D eigenvalue weighted by Crippen LogP contribution is 2.26. The van der Waals surface area contributed by atoms with Crippen LogP contribution in [-0.4, -0.2) is 31.1 Å². The average molecular weight is 246 g/mol. The van der Waals surface area contributed by atoms with Crippen LogP contribution in [0.25, 0.3) is 0 Å². The minimum atomic E-state index is 0.244. The van der Waals surface area contributed by atoms with Crippen molar-refractivity contribution in [1.29, 1.82) is 0 Å². The molecule has 2 rings (SSSR count). The quantitative estimate of drug-likeness (QED) is 0.863. The predicted molar refractivity (Wildman–Crippen MR) is 78.0 cm³/mol. The molecular formula is C16H26N2. The fourth-order valence-electron chi connectivity index (χ4n) is 2.66. The van der Waals surface area contributed by atoms with Gasteiger partial charge in [-0.3, -0.25) is 4.90 Å². The highest BCUT2D eigenvalue weighted by molar-refractivity contribution is 5.29. The smallest absolute Gasteiger partial charge is 0.0473 e. The van der Waals surface area contributed by atoms with Crippen LogP contribution in [0.3, 0.4) is 0 Å². The zero-order valence-electron chi connectivity index (χ0n) is 12.2. The van der Waals surface area contributed by atoms with E-state index < -0.39 is 0 Å². The first kappa shape index (κ1) is 13.6. The Balaban J connectivity index is 2.18. The van der Waals surface area contributed by atoms with Crippen LogP contribution in [0, 0.1) is 0 Å². The third-order valence-corrected chi connectivity index (χ3v) is 3.92. The molecule has 100 valence electrons. The van der Waals surface area contributed by atoms with Crippen LogP contribution in [0.4, 0.5) is 0 Å². The molecule has 0 saturated carbocycles. The van der Waals surface area contributed by atoms with E-state index in [1.165, 1.54) is 11.1 Å². The molecule has 0 spiro atoms. The number of piperazine rings is 1. The van der Waals surface area contributed by atoms with Crippen molar-refractivity contribution in [2.75, 3.05) is 26.2 Å². The molecule has 1 saturated heterocycles. The maximum absolute atomic E-state index is 3.50. The molecule has 0 aromatic heterocycles. The van der Waals surface area contributed by atoms with Gasteiger partial charge in [0.15, 0.2) is 0 Å². The van der Waals surface area contributed by atoms with Crippen molar-refractivity contribution in [3.05, 3.63) is 35.4 Å². The van der Waals surface area contributed by atoms with Crippen LogP contribution in [0.15, 0.2) is 24.3 Å². The van der Waals surface area contributed by atoms with E-state index in [1.807, 2.05) is 0 Å². The molecule has 1 unspecified atom stereocenters. The molecule has 1 atom stereocenters. The first-order chi connectivity index (χ1) is 8.52. The number of likely N-dealkylation sites (N-methyl/N-ethyl adjacent to an activating group) is 1. The Hall–Kier alpha value is -0.860. The van der Waals surface area contributed by atoms with Gasteiger partial charge in [0, 0.05) is 25.7 Å². The van der Waals surface area contributed by atoms with Crippen LogP contribution in [0.1, 0.15) is 44.9 Å². The molecule has 1 heterocycles. The van der Waals surface area contributed by atoms with Gasteiger partial charge in [-0.15, -0.1) is 0 Å². The molecule has 0 radical (unpaired) electrons. The molecule has 1 aliphatic rings. The highest BCUT2D eigenvalue weighted by Gasteiger charge is 2.22. The van der Waals surface area contributed by atoms with Crippen molar-refractivity contribution in [3.63, 3.8) is 0 Å². The zero-order chi connectivity index (χ0) is 13.2. The van der Waals surface area contributed by atoms with E-state index in [2.05, 4.69) is 62.2 Å². The van der Waals surface area contributed by atoms with Gasteiger partial charge in [-0.05, 0) is 23.1 Å². The molecule has 1 aromatic carbocycles. The molecule has 2 heteroatoms. The van der Waals surface area contributed by atoms with Crippen LogP contribution >= 0.6 is 0 Å². The third-order valence-electron chi connectivity index (χ3n) is 3.92. The number of nitrogens with zero attached hydrogens (tertiary/aromatic N) is 1. The zero-order valence-corrected chi connectivity index (χ0v) is 12.2. The van der Waals surface area contributed by atoms with Gasteiger partial charge in [-0.1, -0.05) is 52.0 Å². The summed E-state index contributed by atoms with van der Waals surface area (Å²) in [6, 6.07) is 9.73. The van der Waals surface area contributed by atoms with E-state index >= 15 is 0 Å². The van der Waals surface area contributed by atoms with Crippen molar-refractivity contribution in [1.82, 2.24) is 10.2 Å². The van der Waals surface area contributed by atoms with E-state index in [0.29, 0.717) is 6.04 Å². The largest absolute Gasteiger partial charge is 0.314 e. The maximum atomic E-state index is 3.50. The van der Waals surface area contributed by atoms with Gasteiger partial charge in [-0.2, -0.15) is 0 Å². The second-order valence-corrected chi connectivity index (χ2v) is 6.22. The summed E-state index contributed by atoms with van der Waals surface area (Å²) in [7, 11) is 0. The minimum Gasteiger partial charge on any atom is -0.314 e. The Morgan fingerprint density at radius 3 is 2.44 bits per heavy atom. The minimum absolute atomic E-state index is 0.244. The summed E-state index contributed by atoms with van der Waals surface area (Å²) in [6.07, 6.45) is 0. The average Bonchev–Trinajstić information content (AvgIpc) is 2.38. The molecule has 0 amide bonds. The summed E-state index contributed by atoms with van der Waals surface area (Å²) in [4.78, 5) is 2.56.